The molecule has 0 radical (unpaired) electrons. The molecule has 5 heteroatoms. The Balaban J connectivity index is 2.15. The number of aliphatic hydroxyl groups excluding tert-OH is 1. The van der Waals surface area contributed by atoms with Gasteiger partial charge in [-0.1, -0.05) is 42.5 Å². The van der Waals surface area contributed by atoms with Crippen LogP contribution in [0.25, 0.3) is 0 Å². The van der Waals surface area contributed by atoms with E-state index < -0.39 is 11.8 Å². The van der Waals surface area contributed by atoms with Gasteiger partial charge in [-0.25, -0.2) is 9.18 Å². The van der Waals surface area contributed by atoms with Crippen molar-refractivity contribution >= 4 is 11.7 Å². The Hall–Kier alpha value is -2.40. The zero-order valence-electron chi connectivity index (χ0n) is 12.4. The van der Waals surface area contributed by atoms with Gasteiger partial charge in [-0.2, -0.15) is 0 Å². The highest BCUT2D eigenvalue weighted by Gasteiger charge is 2.21. The average molecular weight is 302 g/mol. The Bertz CT molecular complexity index is 619. The number of rotatable bonds is 5. The number of hydrogen-bond donors (Lipinski definition) is 2. The molecule has 2 rings (SSSR count). The molecule has 2 aromatic carbocycles. The van der Waals surface area contributed by atoms with Crippen molar-refractivity contribution in [3.05, 3.63) is 66.0 Å². The van der Waals surface area contributed by atoms with Crippen molar-refractivity contribution < 1.29 is 14.3 Å². The first-order valence-corrected chi connectivity index (χ1v) is 7.07. The van der Waals surface area contributed by atoms with Crippen LogP contribution in [0.3, 0.4) is 0 Å². The molecule has 2 amide bonds. The number of nitrogens with zero attached hydrogens (tertiary/aromatic N) is 1. The first kappa shape index (κ1) is 16.0. The highest BCUT2D eigenvalue weighted by molar-refractivity contribution is 5.89. The molecule has 2 N–H and O–H groups in total. The van der Waals surface area contributed by atoms with Crippen LogP contribution in [0.5, 0.6) is 0 Å². The van der Waals surface area contributed by atoms with Crippen LogP contribution in [0.2, 0.25) is 0 Å². The molecule has 0 aromatic heterocycles. The number of benzene rings is 2. The molecule has 0 saturated heterocycles. The van der Waals surface area contributed by atoms with E-state index in [0.29, 0.717) is 6.42 Å². The highest BCUT2D eigenvalue weighted by Crippen LogP contribution is 2.24. The van der Waals surface area contributed by atoms with Gasteiger partial charge in [-0.05, 0) is 24.1 Å². The number of para-hydroxylation sites is 1. The summed E-state index contributed by atoms with van der Waals surface area (Å²) in [6, 6.07) is 14.7. The molecule has 0 saturated carbocycles. The first-order chi connectivity index (χ1) is 10.6. The van der Waals surface area contributed by atoms with Crippen LogP contribution >= 0.6 is 0 Å². The molecule has 0 spiro atoms. The summed E-state index contributed by atoms with van der Waals surface area (Å²) >= 11 is 0. The molecular formula is C17H19FN2O2. The minimum absolute atomic E-state index is 0.0448. The smallest absolute Gasteiger partial charge is 0.322 e. The Morgan fingerprint density at radius 1 is 1.18 bits per heavy atom. The van der Waals surface area contributed by atoms with Gasteiger partial charge in [0, 0.05) is 13.7 Å². The second-order valence-electron chi connectivity index (χ2n) is 4.96. The predicted octanol–water partition coefficient (Wildman–Crippen LogP) is 3.41. The maximum atomic E-state index is 13.6. The molecule has 2 aromatic rings. The Morgan fingerprint density at radius 2 is 1.82 bits per heavy atom. The maximum Gasteiger partial charge on any atom is 0.322 e. The van der Waals surface area contributed by atoms with Crippen molar-refractivity contribution in [3.8, 4) is 0 Å². The fourth-order valence-corrected chi connectivity index (χ4v) is 2.29. The summed E-state index contributed by atoms with van der Waals surface area (Å²) in [7, 11) is 1.63. The molecule has 0 heterocycles. The van der Waals surface area contributed by atoms with Crippen LogP contribution in [-0.2, 0) is 0 Å². The van der Waals surface area contributed by atoms with Crippen LogP contribution in [0.4, 0.5) is 14.9 Å². The average Bonchev–Trinajstić information content (AvgIpc) is 2.55. The van der Waals surface area contributed by atoms with Crippen molar-refractivity contribution in [2.75, 3.05) is 19.0 Å². The standard InChI is InChI=1S/C17H19FN2O2/c1-20(16(11-12-21)13-7-3-2-4-8-13)17(22)19-15-10-6-5-9-14(15)18/h2-10,16,21H,11-12H2,1H3,(H,19,22). The monoisotopic (exact) mass is 302 g/mol. The zero-order chi connectivity index (χ0) is 15.9. The fourth-order valence-electron chi connectivity index (χ4n) is 2.29. The van der Waals surface area contributed by atoms with Gasteiger partial charge >= 0.3 is 6.03 Å². The van der Waals surface area contributed by atoms with Crippen molar-refractivity contribution in [1.82, 2.24) is 4.90 Å². The van der Waals surface area contributed by atoms with E-state index in [1.54, 1.807) is 19.2 Å². The van der Waals surface area contributed by atoms with Gasteiger partial charge in [-0.15, -0.1) is 0 Å². The number of halogens is 1. The molecule has 22 heavy (non-hydrogen) atoms. The van der Waals surface area contributed by atoms with Crippen molar-refractivity contribution in [1.29, 1.82) is 0 Å². The molecule has 0 fully saturated rings. The minimum Gasteiger partial charge on any atom is -0.396 e. The third-order valence-corrected chi connectivity index (χ3v) is 3.49. The van der Waals surface area contributed by atoms with Crippen molar-refractivity contribution in [3.63, 3.8) is 0 Å². The molecule has 0 aliphatic rings. The van der Waals surface area contributed by atoms with Gasteiger partial charge in [0.15, 0.2) is 0 Å². The van der Waals surface area contributed by atoms with E-state index in [1.165, 1.54) is 17.0 Å². The molecular weight excluding hydrogens is 283 g/mol. The normalized spacial score (nSPS) is 11.8. The number of anilines is 1. The number of aliphatic hydroxyl groups is 1. The van der Waals surface area contributed by atoms with E-state index in [0.717, 1.165) is 5.56 Å². The summed E-state index contributed by atoms with van der Waals surface area (Å²) in [5.74, 6) is -0.484. The largest absolute Gasteiger partial charge is 0.396 e. The van der Waals surface area contributed by atoms with E-state index in [1.807, 2.05) is 30.3 Å². The van der Waals surface area contributed by atoms with Gasteiger partial charge in [0.05, 0.1) is 11.7 Å². The molecule has 116 valence electrons. The third kappa shape index (κ3) is 3.83. The summed E-state index contributed by atoms with van der Waals surface area (Å²) < 4.78 is 13.6. The summed E-state index contributed by atoms with van der Waals surface area (Å²) in [5.41, 5.74) is 1.05. The Morgan fingerprint density at radius 3 is 2.45 bits per heavy atom. The van der Waals surface area contributed by atoms with Crippen LogP contribution in [0.1, 0.15) is 18.0 Å². The number of nitrogens with one attached hydrogen (secondary N) is 1. The SMILES string of the molecule is CN(C(=O)Nc1ccccc1F)C(CCO)c1ccccc1. The van der Waals surface area contributed by atoms with E-state index in [2.05, 4.69) is 5.32 Å². The summed E-state index contributed by atoms with van der Waals surface area (Å²) in [4.78, 5) is 13.8. The lowest BCUT2D eigenvalue weighted by Gasteiger charge is -2.28. The third-order valence-electron chi connectivity index (χ3n) is 3.49. The number of hydrogen-bond acceptors (Lipinski definition) is 2. The highest BCUT2D eigenvalue weighted by atomic mass is 19.1. The molecule has 1 atom stereocenters. The lowest BCUT2D eigenvalue weighted by molar-refractivity contribution is 0.183. The van der Waals surface area contributed by atoms with E-state index in [4.69, 9.17) is 0 Å². The number of carbonyl (C=O) groups is 1. The first-order valence-electron chi connectivity index (χ1n) is 7.07. The molecule has 4 nitrogen and oxygen atoms in total. The van der Waals surface area contributed by atoms with Gasteiger partial charge in [0.1, 0.15) is 5.82 Å². The van der Waals surface area contributed by atoms with Crippen molar-refractivity contribution in [2.24, 2.45) is 0 Å². The van der Waals surface area contributed by atoms with Crippen LogP contribution in [0, 0.1) is 5.82 Å². The topological polar surface area (TPSA) is 52.6 Å². The number of carbonyl (C=O) groups excluding carboxylic acids is 1. The van der Waals surface area contributed by atoms with E-state index in [-0.39, 0.29) is 18.3 Å². The summed E-state index contributed by atoms with van der Waals surface area (Å²) in [6.45, 7) is -0.0448. The van der Waals surface area contributed by atoms with Crippen LogP contribution in [-0.4, -0.2) is 29.7 Å². The van der Waals surface area contributed by atoms with Gasteiger partial charge < -0.3 is 15.3 Å². The Kier molecular flexibility index (Phi) is 5.49. The van der Waals surface area contributed by atoms with Gasteiger partial charge in [0.25, 0.3) is 0 Å². The van der Waals surface area contributed by atoms with Crippen LogP contribution in [0.15, 0.2) is 54.6 Å². The minimum atomic E-state index is -0.484. The quantitative estimate of drug-likeness (QED) is 0.889. The lowest BCUT2D eigenvalue weighted by Crippen LogP contribution is -2.35. The molecule has 0 aliphatic heterocycles. The Labute approximate surface area is 129 Å². The van der Waals surface area contributed by atoms with E-state index >= 15 is 0 Å². The fraction of sp³-hybridized carbons (Fsp3) is 0.235. The lowest BCUT2D eigenvalue weighted by atomic mass is 10.0. The van der Waals surface area contributed by atoms with Crippen molar-refractivity contribution in [2.45, 2.75) is 12.5 Å². The van der Waals surface area contributed by atoms with Gasteiger partial charge in [0.2, 0.25) is 0 Å². The molecule has 1 unspecified atom stereocenters. The van der Waals surface area contributed by atoms with E-state index in [9.17, 15) is 14.3 Å². The predicted molar refractivity (Wildman–Crippen MR) is 84.1 cm³/mol. The summed E-state index contributed by atoms with van der Waals surface area (Å²) in [6.07, 6.45) is 0.408. The van der Waals surface area contributed by atoms with Gasteiger partial charge in [-0.3, -0.25) is 0 Å². The van der Waals surface area contributed by atoms with Crippen LogP contribution < -0.4 is 5.32 Å². The number of amides is 2. The summed E-state index contributed by atoms with van der Waals surface area (Å²) in [5, 5.41) is 11.8. The number of urea groups is 1. The maximum absolute atomic E-state index is 13.6. The second kappa shape index (κ2) is 7.56. The second-order valence-corrected chi connectivity index (χ2v) is 4.96. The zero-order valence-corrected chi connectivity index (χ0v) is 12.4. The molecule has 0 bridgehead atoms. The molecule has 0 aliphatic carbocycles.